The number of phenolic OH excluding ortho intramolecular Hbond substituents is 1. The molecule has 0 aromatic heterocycles. The van der Waals surface area contributed by atoms with Crippen LogP contribution in [0.25, 0.3) is 0 Å². The van der Waals surface area contributed by atoms with Crippen molar-refractivity contribution < 1.29 is 9.90 Å². The predicted octanol–water partition coefficient (Wildman–Crippen LogP) is 3.36. The first kappa shape index (κ1) is 12.3. The fraction of sp³-hybridized carbons (Fsp3) is 0. The van der Waals surface area contributed by atoms with Crippen LogP contribution in [0, 0.1) is 0 Å². The van der Waals surface area contributed by atoms with Crippen molar-refractivity contribution in [2.45, 2.75) is 9.79 Å². The number of benzene rings is 2. The summed E-state index contributed by atoms with van der Waals surface area (Å²) in [5.74, 6) is 0.322. The smallest absolute Gasteiger partial charge is 0.115 e. The van der Waals surface area contributed by atoms with Crippen molar-refractivity contribution in [3.05, 3.63) is 54.6 Å². The monoisotopic (exact) mass is 232 g/mol. The molecule has 0 saturated heterocycles. The standard InChI is InChI=1S/C6H6O.C6H4S.CH2O/c7-6-4-2-1-3-5-6;1-2-4-6-5(3-1)7-6;1-2/h1-5,7H;1-4H;1H2. The minimum absolute atomic E-state index is 0.322. The molecule has 0 amide bonds. The molecule has 0 aliphatic carbocycles. The molecule has 1 aliphatic rings. The molecule has 3 heteroatoms. The molecule has 1 aliphatic heterocycles. The molecule has 2 aromatic rings. The summed E-state index contributed by atoms with van der Waals surface area (Å²) >= 11 is 1.86. The Morgan fingerprint density at radius 1 is 0.812 bits per heavy atom. The second-order valence-corrected chi connectivity index (χ2v) is 3.97. The Bertz CT molecular complexity index is 396. The lowest BCUT2D eigenvalue weighted by atomic mass is 10.3. The molecule has 0 fully saturated rings. The van der Waals surface area contributed by atoms with E-state index in [2.05, 4.69) is 24.3 Å². The lowest BCUT2D eigenvalue weighted by Crippen LogP contribution is -1.56. The maximum Gasteiger partial charge on any atom is 0.115 e. The van der Waals surface area contributed by atoms with Gasteiger partial charge in [0.15, 0.2) is 0 Å². The molecule has 3 rings (SSSR count). The van der Waals surface area contributed by atoms with Crippen LogP contribution < -0.4 is 0 Å². The summed E-state index contributed by atoms with van der Waals surface area (Å²) in [5.41, 5.74) is 0. The minimum Gasteiger partial charge on any atom is -0.508 e. The topological polar surface area (TPSA) is 37.3 Å². The van der Waals surface area contributed by atoms with Gasteiger partial charge in [-0.25, -0.2) is 0 Å². The van der Waals surface area contributed by atoms with E-state index in [9.17, 15) is 0 Å². The Balaban J connectivity index is 0.000000139. The fourth-order valence-corrected chi connectivity index (χ4v) is 1.65. The van der Waals surface area contributed by atoms with E-state index in [1.165, 1.54) is 9.79 Å². The van der Waals surface area contributed by atoms with Crippen LogP contribution in [0.5, 0.6) is 5.75 Å². The molecule has 0 spiro atoms. The number of aromatic hydroxyl groups is 1. The number of fused-ring (bicyclic) bond motifs is 1. The molecule has 0 atom stereocenters. The minimum atomic E-state index is 0.322. The Morgan fingerprint density at radius 3 is 1.56 bits per heavy atom. The number of rotatable bonds is 0. The second-order valence-electron chi connectivity index (χ2n) is 2.88. The van der Waals surface area contributed by atoms with Gasteiger partial charge in [0.1, 0.15) is 12.5 Å². The van der Waals surface area contributed by atoms with Gasteiger partial charge >= 0.3 is 0 Å². The number of para-hydroxylation sites is 1. The number of hydrogen-bond donors (Lipinski definition) is 1. The summed E-state index contributed by atoms with van der Waals surface area (Å²) in [6.45, 7) is 2.00. The summed E-state index contributed by atoms with van der Waals surface area (Å²) in [4.78, 5) is 10.9. The van der Waals surface area contributed by atoms with Crippen molar-refractivity contribution in [2.24, 2.45) is 0 Å². The van der Waals surface area contributed by atoms with Gasteiger partial charge in [-0.2, -0.15) is 0 Å². The molecule has 16 heavy (non-hydrogen) atoms. The van der Waals surface area contributed by atoms with E-state index in [-0.39, 0.29) is 0 Å². The Kier molecular flexibility index (Phi) is 5.16. The highest BCUT2D eigenvalue weighted by atomic mass is 32.2. The molecule has 2 aromatic carbocycles. The Morgan fingerprint density at radius 2 is 1.25 bits per heavy atom. The third-order valence-corrected chi connectivity index (χ3v) is 2.73. The zero-order chi connectivity index (χ0) is 11.8. The molecular formula is C13H12O2S. The van der Waals surface area contributed by atoms with Crippen molar-refractivity contribution >= 4 is 18.6 Å². The van der Waals surface area contributed by atoms with Crippen LogP contribution in [0.1, 0.15) is 0 Å². The SMILES string of the molecule is C=O.Oc1ccccc1.c1ccc2c(c1)S2. The van der Waals surface area contributed by atoms with E-state index in [1.54, 1.807) is 24.3 Å². The second kappa shape index (κ2) is 6.69. The van der Waals surface area contributed by atoms with Gasteiger partial charge in [-0.15, -0.1) is 0 Å². The van der Waals surface area contributed by atoms with Crippen LogP contribution in [0.2, 0.25) is 0 Å². The van der Waals surface area contributed by atoms with Crippen LogP contribution in [0.3, 0.4) is 0 Å². The van der Waals surface area contributed by atoms with Crippen LogP contribution in [0.15, 0.2) is 64.4 Å². The molecule has 1 heterocycles. The molecule has 82 valence electrons. The average molecular weight is 232 g/mol. The quantitative estimate of drug-likeness (QED) is 0.604. The van der Waals surface area contributed by atoms with Crippen molar-refractivity contribution in [2.75, 3.05) is 0 Å². The molecule has 0 bridgehead atoms. The number of carbonyl (C=O) groups is 1. The largest absolute Gasteiger partial charge is 0.508 e. The van der Waals surface area contributed by atoms with Gasteiger partial charge in [-0.1, -0.05) is 42.1 Å². The highest BCUT2D eigenvalue weighted by Crippen LogP contribution is 2.47. The number of carbonyl (C=O) groups excluding carboxylic acids is 1. The van der Waals surface area contributed by atoms with Gasteiger partial charge in [0.05, 0.1) is 0 Å². The highest BCUT2D eigenvalue weighted by molar-refractivity contribution is 8.04. The van der Waals surface area contributed by atoms with Crippen molar-refractivity contribution in [1.82, 2.24) is 0 Å². The van der Waals surface area contributed by atoms with Crippen LogP contribution in [-0.4, -0.2) is 11.9 Å². The van der Waals surface area contributed by atoms with E-state index in [1.807, 2.05) is 24.6 Å². The van der Waals surface area contributed by atoms with E-state index < -0.39 is 0 Å². The zero-order valence-corrected chi connectivity index (χ0v) is 9.48. The van der Waals surface area contributed by atoms with Gasteiger partial charge < -0.3 is 9.90 Å². The first-order chi connectivity index (χ1) is 7.86. The van der Waals surface area contributed by atoms with Crippen molar-refractivity contribution in [1.29, 1.82) is 0 Å². The third-order valence-electron chi connectivity index (χ3n) is 1.78. The summed E-state index contributed by atoms with van der Waals surface area (Å²) in [6.07, 6.45) is 0. The van der Waals surface area contributed by atoms with Gasteiger partial charge in [0.2, 0.25) is 0 Å². The van der Waals surface area contributed by atoms with Crippen molar-refractivity contribution in [3.63, 3.8) is 0 Å². The summed E-state index contributed by atoms with van der Waals surface area (Å²) in [5, 5.41) is 8.63. The maximum atomic E-state index is 8.63. The van der Waals surface area contributed by atoms with Crippen molar-refractivity contribution in [3.8, 4) is 5.75 Å². The van der Waals surface area contributed by atoms with E-state index >= 15 is 0 Å². The first-order valence-corrected chi connectivity index (χ1v) is 5.48. The molecular weight excluding hydrogens is 220 g/mol. The van der Waals surface area contributed by atoms with Crippen LogP contribution in [-0.2, 0) is 4.79 Å². The number of hydrogen-bond acceptors (Lipinski definition) is 3. The van der Waals surface area contributed by atoms with Gasteiger partial charge in [0.25, 0.3) is 0 Å². The van der Waals surface area contributed by atoms with Crippen LogP contribution >= 0.6 is 11.8 Å². The normalized spacial score (nSPS) is 9.75. The fourth-order valence-electron chi connectivity index (χ4n) is 1.04. The molecule has 0 saturated carbocycles. The lowest BCUT2D eigenvalue weighted by Gasteiger charge is -1.82. The highest BCUT2D eigenvalue weighted by Gasteiger charge is 2.14. The first-order valence-electron chi connectivity index (χ1n) is 4.66. The van der Waals surface area contributed by atoms with Gasteiger partial charge in [0, 0.05) is 9.79 Å². The van der Waals surface area contributed by atoms with E-state index in [0.29, 0.717) is 5.75 Å². The molecule has 0 radical (unpaired) electrons. The average Bonchev–Trinajstić information content (AvgIpc) is 3.12. The molecule has 2 nitrogen and oxygen atoms in total. The summed E-state index contributed by atoms with van der Waals surface area (Å²) < 4.78 is 0. The Hall–Kier alpha value is -1.74. The summed E-state index contributed by atoms with van der Waals surface area (Å²) in [6, 6.07) is 17.1. The predicted molar refractivity (Wildman–Crippen MR) is 65.8 cm³/mol. The van der Waals surface area contributed by atoms with Gasteiger partial charge in [-0.05, 0) is 24.3 Å². The lowest BCUT2D eigenvalue weighted by molar-refractivity contribution is -0.0979. The number of phenols is 1. The third kappa shape index (κ3) is 4.19. The maximum absolute atomic E-state index is 8.63. The van der Waals surface area contributed by atoms with Crippen LogP contribution in [0.4, 0.5) is 0 Å². The van der Waals surface area contributed by atoms with E-state index in [4.69, 9.17) is 9.90 Å². The Labute approximate surface area is 98.9 Å². The molecule has 1 N–H and O–H groups in total. The van der Waals surface area contributed by atoms with E-state index in [0.717, 1.165) is 0 Å². The van der Waals surface area contributed by atoms with Gasteiger partial charge in [-0.3, -0.25) is 0 Å². The molecule has 0 unspecified atom stereocenters. The zero-order valence-electron chi connectivity index (χ0n) is 8.67. The summed E-state index contributed by atoms with van der Waals surface area (Å²) in [7, 11) is 0.